The van der Waals surface area contributed by atoms with Crippen LogP contribution >= 0.6 is 0 Å². The van der Waals surface area contributed by atoms with Gasteiger partial charge >= 0.3 is 5.69 Å². The summed E-state index contributed by atoms with van der Waals surface area (Å²) >= 11 is 0. The molecule has 0 saturated carbocycles. The molecule has 0 bridgehead atoms. The second-order valence-corrected chi connectivity index (χ2v) is 3.55. The van der Waals surface area contributed by atoms with Gasteiger partial charge in [-0.05, 0) is 0 Å². The normalized spacial score (nSPS) is 10.8. The van der Waals surface area contributed by atoms with Crippen molar-refractivity contribution in [1.82, 2.24) is 9.55 Å². The van der Waals surface area contributed by atoms with Gasteiger partial charge in [-0.15, -0.1) is 0 Å². The topological polar surface area (TPSA) is 75.1 Å². The van der Waals surface area contributed by atoms with E-state index < -0.39 is 56.5 Å². The molecule has 0 aliphatic rings. The molecule has 0 aliphatic heterocycles. The second kappa shape index (κ2) is 4.47. The molecule has 0 amide bonds. The minimum atomic E-state index is -2.05. The van der Waals surface area contributed by atoms with Crippen LogP contribution in [-0.4, -0.2) is 14.7 Å². The van der Waals surface area contributed by atoms with Gasteiger partial charge in [-0.25, -0.2) is 26.9 Å². The number of nitrogens with one attached hydrogen (secondary N) is 1. The third kappa shape index (κ3) is 1.85. The van der Waals surface area contributed by atoms with Crippen LogP contribution in [0.15, 0.2) is 15.7 Å². The molecule has 10 heteroatoms. The number of aromatic nitrogens is 2. The lowest BCUT2D eigenvalue weighted by molar-refractivity contribution is 0.375. The van der Waals surface area contributed by atoms with E-state index >= 15 is 0 Å². The monoisotopic (exact) mass is 294 g/mol. The van der Waals surface area contributed by atoms with Gasteiger partial charge in [0.15, 0.2) is 23.3 Å². The number of aromatic amines is 1. The van der Waals surface area contributed by atoms with Crippen LogP contribution in [0.25, 0.3) is 5.69 Å². The summed E-state index contributed by atoms with van der Waals surface area (Å²) in [5, 5.41) is 9.23. The summed E-state index contributed by atoms with van der Waals surface area (Å²) in [5.74, 6) is -11.6. The third-order valence-electron chi connectivity index (χ3n) is 2.34. The molecular formula is C10H3F5N2O3. The maximum atomic E-state index is 13.5. The highest BCUT2D eigenvalue weighted by Gasteiger charge is 2.25. The summed E-state index contributed by atoms with van der Waals surface area (Å²) in [5.41, 5.74) is -5.04. The van der Waals surface area contributed by atoms with E-state index in [2.05, 4.69) is 0 Å². The maximum Gasteiger partial charge on any atom is 0.336 e. The minimum Gasteiger partial charge on any atom is -0.492 e. The summed E-state index contributed by atoms with van der Waals surface area (Å²) in [7, 11) is 0. The molecule has 0 aliphatic carbocycles. The van der Waals surface area contributed by atoms with E-state index in [4.69, 9.17) is 0 Å². The first-order chi connectivity index (χ1) is 9.25. The van der Waals surface area contributed by atoms with Crippen molar-refractivity contribution in [2.24, 2.45) is 0 Å². The molecule has 20 heavy (non-hydrogen) atoms. The van der Waals surface area contributed by atoms with Gasteiger partial charge in [0.05, 0.1) is 0 Å². The molecule has 0 saturated heterocycles. The van der Waals surface area contributed by atoms with Crippen molar-refractivity contribution in [2.45, 2.75) is 0 Å². The van der Waals surface area contributed by atoms with Crippen molar-refractivity contribution >= 4 is 0 Å². The van der Waals surface area contributed by atoms with Crippen molar-refractivity contribution in [1.29, 1.82) is 0 Å². The van der Waals surface area contributed by atoms with Gasteiger partial charge in [0, 0.05) is 6.07 Å². The van der Waals surface area contributed by atoms with Gasteiger partial charge < -0.3 is 5.11 Å². The van der Waals surface area contributed by atoms with Gasteiger partial charge in [-0.1, -0.05) is 0 Å². The smallest absolute Gasteiger partial charge is 0.336 e. The molecule has 2 aromatic rings. The Morgan fingerprint density at radius 3 is 1.95 bits per heavy atom. The van der Waals surface area contributed by atoms with Crippen molar-refractivity contribution in [3.05, 3.63) is 56.0 Å². The first kappa shape index (κ1) is 13.8. The number of nitrogens with zero attached hydrogens (tertiary/aromatic N) is 1. The van der Waals surface area contributed by atoms with Crippen LogP contribution in [-0.2, 0) is 0 Å². The Morgan fingerprint density at radius 1 is 0.950 bits per heavy atom. The highest BCUT2D eigenvalue weighted by atomic mass is 19.2. The number of H-pyrrole nitrogens is 1. The van der Waals surface area contributed by atoms with Crippen molar-refractivity contribution in [3.8, 4) is 11.6 Å². The average Bonchev–Trinajstić information content (AvgIpc) is 2.38. The molecule has 2 N–H and O–H groups in total. The number of hydrogen-bond acceptors (Lipinski definition) is 3. The third-order valence-corrected chi connectivity index (χ3v) is 2.34. The van der Waals surface area contributed by atoms with Gasteiger partial charge in [-0.2, -0.15) is 4.39 Å². The van der Waals surface area contributed by atoms with Gasteiger partial charge in [0.2, 0.25) is 11.7 Å². The number of benzene rings is 1. The predicted octanol–water partition coefficient (Wildman–Crippen LogP) is 0.927. The van der Waals surface area contributed by atoms with E-state index in [0.29, 0.717) is 0 Å². The van der Waals surface area contributed by atoms with E-state index in [1.807, 2.05) is 0 Å². The maximum absolute atomic E-state index is 13.5. The highest BCUT2D eigenvalue weighted by molar-refractivity contribution is 5.39. The molecule has 1 aromatic heterocycles. The van der Waals surface area contributed by atoms with E-state index in [1.165, 1.54) is 4.98 Å². The minimum absolute atomic E-state index is 0.141. The Morgan fingerprint density at radius 2 is 1.45 bits per heavy atom. The predicted molar refractivity (Wildman–Crippen MR) is 54.1 cm³/mol. The molecule has 106 valence electrons. The number of aromatic hydroxyl groups is 1. The number of rotatable bonds is 1. The van der Waals surface area contributed by atoms with Crippen LogP contribution in [0.1, 0.15) is 0 Å². The zero-order chi connectivity index (χ0) is 15.2. The lowest BCUT2D eigenvalue weighted by atomic mass is 10.2. The number of hydrogen-bond donors (Lipinski definition) is 2. The van der Waals surface area contributed by atoms with Crippen molar-refractivity contribution in [2.75, 3.05) is 0 Å². The molecule has 0 radical (unpaired) electrons. The number of halogens is 5. The SMILES string of the molecule is O=c1[nH]c(=O)n(-c2c(F)c(F)cc(F)c2F)c(O)c1F. The summed E-state index contributed by atoms with van der Waals surface area (Å²) in [6.07, 6.45) is 0. The quantitative estimate of drug-likeness (QED) is 0.607. The first-order valence-corrected chi connectivity index (χ1v) is 4.82. The van der Waals surface area contributed by atoms with Gasteiger partial charge in [0.1, 0.15) is 5.69 Å². The van der Waals surface area contributed by atoms with Crippen molar-refractivity contribution < 1.29 is 27.1 Å². The molecule has 5 nitrogen and oxygen atoms in total. The lowest BCUT2D eigenvalue weighted by Crippen LogP contribution is -2.32. The van der Waals surface area contributed by atoms with Crippen LogP contribution in [0.5, 0.6) is 5.88 Å². The Kier molecular flexibility index (Phi) is 3.08. The Balaban J connectivity index is 3.01. The molecule has 0 fully saturated rings. The van der Waals surface area contributed by atoms with Crippen LogP contribution < -0.4 is 11.2 Å². The van der Waals surface area contributed by atoms with E-state index in [9.17, 15) is 36.6 Å². The van der Waals surface area contributed by atoms with Crippen LogP contribution in [0.4, 0.5) is 22.0 Å². The van der Waals surface area contributed by atoms with E-state index in [-0.39, 0.29) is 6.07 Å². The Hall–Kier alpha value is -2.65. The van der Waals surface area contributed by atoms with Gasteiger partial charge in [0.25, 0.3) is 5.56 Å². The van der Waals surface area contributed by atoms with E-state index in [1.54, 1.807) is 0 Å². The average molecular weight is 294 g/mol. The van der Waals surface area contributed by atoms with Gasteiger partial charge in [-0.3, -0.25) is 9.78 Å². The standard InChI is InChI=1S/C10H3F5N2O3/c11-2-1-3(12)5(14)7(4(2)13)17-9(19)6(15)8(18)16-10(17)20/h1,19H,(H,16,18,20). The molecular weight excluding hydrogens is 291 g/mol. The molecule has 0 unspecified atom stereocenters. The zero-order valence-corrected chi connectivity index (χ0v) is 9.18. The van der Waals surface area contributed by atoms with Crippen molar-refractivity contribution in [3.63, 3.8) is 0 Å². The highest BCUT2D eigenvalue weighted by Crippen LogP contribution is 2.25. The second-order valence-electron chi connectivity index (χ2n) is 3.55. The Bertz CT molecular complexity index is 801. The summed E-state index contributed by atoms with van der Waals surface area (Å²) < 4.78 is 65.6. The van der Waals surface area contributed by atoms with Crippen LogP contribution in [0.2, 0.25) is 0 Å². The fourth-order valence-corrected chi connectivity index (χ4v) is 1.47. The summed E-state index contributed by atoms with van der Waals surface area (Å²) in [4.78, 5) is 23.4. The molecule has 2 rings (SSSR count). The Labute approximate surface area is 105 Å². The lowest BCUT2D eigenvalue weighted by Gasteiger charge is -2.11. The molecule has 1 heterocycles. The first-order valence-electron chi connectivity index (χ1n) is 4.82. The molecule has 0 atom stereocenters. The zero-order valence-electron chi connectivity index (χ0n) is 9.18. The van der Waals surface area contributed by atoms with E-state index in [0.717, 1.165) is 0 Å². The fraction of sp³-hybridized carbons (Fsp3) is 0. The molecule has 1 aromatic carbocycles. The van der Waals surface area contributed by atoms with Crippen LogP contribution in [0.3, 0.4) is 0 Å². The largest absolute Gasteiger partial charge is 0.492 e. The summed E-state index contributed by atoms with van der Waals surface area (Å²) in [6, 6.07) is -0.141. The van der Waals surface area contributed by atoms with Crippen LogP contribution in [0, 0.1) is 29.1 Å². The summed E-state index contributed by atoms with van der Waals surface area (Å²) in [6.45, 7) is 0. The fourth-order valence-electron chi connectivity index (χ4n) is 1.47. The molecule has 0 spiro atoms.